The molecular weight excluding hydrogens is 284 g/mol. The van der Waals surface area contributed by atoms with Gasteiger partial charge in [-0.05, 0) is 43.0 Å². The molecule has 0 heterocycles. The molecule has 0 saturated carbocycles. The summed E-state index contributed by atoms with van der Waals surface area (Å²) in [6.45, 7) is 4.11. The van der Waals surface area contributed by atoms with Crippen molar-refractivity contribution in [2.45, 2.75) is 25.2 Å². The first-order chi connectivity index (χ1) is 9.92. The maximum Gasteiger partial charge on any atom is 0.242 e. The van der Waals surface area contributed by atoms with Crippen LogP contribution in [0.25, 0.3) is 0 Å². The molecule has 0 aliphatic rings. The maximum atomic E-state index is 12.4. The highest BCUT2D eigenvalue weighted by atomic mass is 32.2. The zero-order valence-electron chi connectivity index (χ0n) is 12.3. The Morgan fingerprint density at radius 1 is 1.00 bits per heavy atom. The fourth-order valence-corrected chi connectivity index (χ4v) is 3.71. The fraction of sp³-hybridized carbons (Fsp3) is 0.250. The van der Waals surface area contributed by atoms with Crippen LogP contribution >= 0.6 is 0 Å². The van der Waals surface area contributed by atoms with E-state index in [0.29, 0.717) is 18.5 Å². The Morgan fingerprint density at radius 2 is 1.67 bits per heavy atom. The normalized spacial score (nSPS) is 11.5. The molecule has 2 rings (SSSR count). The van der Waals surface area contributed by atoms with Crippen molar-refractivity contribution in [3.05, 3.63) is 59.2 Å². The Morgan fingerprint density at radius 3 is 2.33 bits per heavy atom. The molecule has 4 nitrogen and oxygen atoms in total. The number of rotatable bonds is 5. The van der Waals surface area contributed by atoms with Crippen LogP contribution in [0, 0.1) is 13.8 Å². The fourth-order valence-electron chi connectivity index (χ4n) is 2.33. The van der Waals surface area contributed by atoms with Crippen molar-refractivity contribution in [2.75, 3.05) is 12.3 Å². The monoisotopic (exact) mass is 304 g/mol. The van der Waals surface area contributed by atoms with Crippen LogP contribution in [0.15, 0.2) is 47.4 Å². The smallest absolute Gasteiger partial charge is 0.242 e. The number of nitrogens with one attached hydrogen (secondary N) is 1. The molecule has 21 heavy (non-hydrogen) atoms. The van der Waals surface area contributed by atoms with Gasteiger partial charge in [-0.2, -0.15) is 0 Å². The molecule has 0 amide bonds. The van der Waals surface area contributed by atoms with Crippen molar-refractivity contribution < 1.29 is 8.42 Å². The van der Waals surface area contributed by atoms with Gasteiger partial charge in [0, 0.05) is 6.54 Å². The third-order valence-corrected chi connectivity index (χ3v) is 5.14. The van der Waals surface area contributed by atoms with Crippen molar-refractivity contribution >= 4 is 15.7 Å². The van der Waals surface area contributed by atoms with E-state index in [0.717, 1.165) is 11.1 Å². The maximum absolute atomic E-state index is 12.4. The minimum absolute atomic E-state index is 0.176. The topological polar surface area (TPSA) is 72.2 Å². The van der Waals surface area contributed by atoms with E-state index in [2.05, 4.69) is 4.72 Å². The Labute approximate surface area is 126 Å². The molecule has 0 aromatic heterocycles. The van der Waals surface area contributed by atoms with Gasteiger partial charge in [-0.15, -0.1) is 0 Å². The van der Waals surface area contributed by atoms with E-state index in [1.165, 1.54) is 0 Å². The van der Waals surface area contributed by atoms with Gasteiger partial charge in [0.25, 0.3) is 0 Å². The SMILES string of the molecule is Cc1ccccc1CCNS(=O)(=O)c1c(C)cccc1N. The molecule has 0 bridgehead atoms. The third-order valence-electron chi connectivity index (χ3n) is 3.46. The second-order valence-electron chi connectivity index (χ2n) is 5.07. The van der Waals surface area contributed by atoms with Crippen LogP contribution in [-0.2, 0) is 16.4 Å². The standard InChI is InChI=1S/C16H20N2O2S/c1-12-6-3-4-8-14(12)10-11-18-21(19,20)16-13(2)7-5-9-15(16)17/h3-9,18H,10-11,17H2,1-2H3. The van der Waals surface area contributed by atoms with Crippen molar-refractivity contribution in [3.8, 4) is 0 Å². The van der Waals surface area contributed by atoms with Gasteiger partial charge < -0.3 is 5.73 Å². The van der Waals surface area contributed by atoms with Crippen LogP contribution in [0.4, 0.5) is 5.69 Å². The van der Waals surface area contributed by atoms with Gasteiger partial charge in [0.05, 0.1) is 5.69 Å². The number of anilines is 1. The molecule has 0 unspecified atom stereocenters. The lowest BCUT2D eigenvalue weighted by molar-refractivity contribution is 0.581. The summed E-state index contributed by atoms with van der Waals surface area (Å²) < 4.78 is 27.3. The van der Waals surface area contributed by atoms with Crippen molar-refractivity contribution in [1.29, 1.82) is 0 Å². The minimum atomic E-state index is -3.58. The van der Waals surface area contributed by atoms with Gasteiger partial charge >= 0.3 is 0 Å². The summed E-state index contributed by atoms with van der Waals surface area (Å²) in [6.07, 6.45) is 0.650. The number of nitrogen functional groups attached to an aromatic ring is 1. The summed E-state index contributed by atoms with van der Waals surface area (Å²) in [4.78, 5) is 0.176. The summed E-state index contributed by atoms with van der Waals surface area (Å²) in [6, 6.07) is 13.0. The van der Waals surface area contributed by atoms with E-state index in [9.17, 15) is 8.42 Å². The lowest BCUT2D eigenvalue weighted by atomic mass is 10.1. The van der Waals surface area contributed by atoms with Crippen LogP contribution in [0.5, 0.6) is 0 Å². The van der Waals surface area contributed by atoms with Crippen molar-refractivity contribution in [1.82, 2.24) is 4.72 Å². The van der Waals surface area contributed by atoms with E-state index in [1.54, 1.807) is 25.1 Å². The van der Waals surface area contributed by atoms with E-state index in [1.807, 2.05) is 31.2 Å². The zero-order valence-corrected chi connectivity index (χ0v) is 13.1. The van der Waals surface area contributed by atoms with Crippen LogP contribution < -0.4 is 10.5 Å². The first-order valence-corrected chi connectivity index (χ1v) is 8.29. The first kappa shape index (κ1) is 15.5. The molecule has 112 valence electrons. The summed E-state index contributed by atoms with van der Waals surface area (Å²) in [5, 5.41) is 0. The number of hydrogen-bond acceptors (Lipinski definition) is 3. The predicted octanol–water partition coefficient (Wildman–Crippen LogP) is 2.41. The average molecular weight is 304 g/mol. The molecule has 0 radical (unpaired) electrons. The molecule has 0 spiro atoms. The molecule has 0 atom stereocenters. The Kier molecular flexibility index (Phi) is 4.65. The van der Waals surface area contributed by atoms with Crippen LogP contribution in [0.2, 0.25) is 0 Å². The molecule has 0 saturated heterocycles. The zero-order chi connectivity index (χ0) is 15.5. The highest BCUT2D eigenvalue weighted by Crippen LogP contribution is 2.21. The number of hydrogen-bond donors (Lipinski definition) is 2. The van der Waals surface area contributed by atoms with E-state index < -0.39 is 10.0 Å². The molecule has 0 fully saturated rings. The number of aryl methyl sites for hydroxylation is 2. The van der Waals surface area contributed by atoms with Crippen LogP contribution in [-0.4, -0.2) is 15.0 Å². The van der Waals surface area contributed by atoms with Gasteiger partial charge in [0.1, 0.15) is 4.90 Å². The Bertz CT molecular complexity index is 719. The summed E-state index contributed by atoms with van der Waals surface area (Å²) >= 11 is 0. The summed E-state index contributed by atoms with van der Waals surface area (Å²) in [7, 11) is -3.58. The molecule has 5 heteroatoms. The van der Waals surface area contributed by atoms with Crippen LogP contribution in [0.1, 0.15) is 16.7 Å². The van der Waals surface area contributed by atoms with Crippen molar-refractivity contribution in [3.63, 3.8) is 0 Å². The number of benzene rings is 2. The minimum Gasteiger partial charge on any atom is -0.398 e. The molecule has 3 N–H and O–H groups in total. The predicted molar refractivity (Wildman–Crippen MR) is 85.7 cm³/mol. The van der Waals surface area contributed by atoms with Crippen molar-refractivity contribution in [2.24, 2.45) is 0 Å². The molecule has 2 aromatic carbocycles. The van der Waals surface area contributed by atoms with E-state index in [4.69, 9.17) is 5.73 Å². The first-order valence-electron chi connectivity index (χ1n) is 6.81. The molecule has 0 aliphatic heterocycles. The summed E-state index contributed by atoms with van der Waals surface area (Å²) in [5.74, 6) is 0. The summed E-state index contributed by atoms with van der Waals surface area (Å²) in [5.41, 5.74) is 9.02. The second kappa shape index (κ2) is 6.28. The van der Waals surface area contributed by atoms with E-state index >= 15 is 0 Å². The number of sulfonamides is 1. The highest BCUT2D eigenvalue weighted by Gasteiger charge is 2.19. The Balaban J connectivity index is 2.11. The quantitative estimate of drug-likeness (QED) is 0.833. The molecular formula is C16H20N2O2S. The highest BCUT2D eigenvalue weighted by molar-refractivity contribution is 7.89. The molecule has 2 aromatic rings. The average Bonchev–Trinajstić information content (AvgIpc) is 2.40. The van der Waals surface area contributed by atoms with Crippen LogP contribution in [0.3, 0.4) is 0 Å². The molecule has 0 aliphatic carbocycles. The van der Waals surface area contributed by atoms with Gasteiger partial charge in [-0.3, -0.25) is 0 Å². The van der Waals surface area contributed by atoms with Gasteiger partial charge in [0.15, 0.2) is 0 Å². The van der Waals surface area contributed by atoms with Gasteiger partial charge in [-0.25, -0.2) is 13.1 Å². The number of nitrogens with two attached hydrogens (primary N) is 1. The Hall–Kier alpha value is -1.85. The third kappa shape index (κ3) is 3.62. The lowest BCUT2D eigenvalue weighted by Gasteiger charge is -2.12. The van der Waals surface area contributed by atoms with E-state index in [-0.39, 0.29) is 10.6 Å². The second-order valence-corrected chi connectivity index (χ2v) is 6.77. The van der Waals surface area contributed by atoms with Gasteiger partial charge in [-0.1, -0.05) is 36.4 Å². The van der Waals surface area contributed by atoms with Gasteiger partial charge in [0.2, 0.25) is 10.0 Å². The lowest BCUT2D eigenvalue weighted by Crippen LogP contribution is -2.27. The largest absolute Gasteiger partial charge is 0.398 e.